The highest BCUT2D eigenvalue weighted by atomic mass is 16.3. The molecule has 0 saturated carbocycles. The summed E-state index contributed by atoms with van der Waals surface area (Å²) >= 11 is 0. The number of aromatic hydroxyl groups is 1. The third-order valence-corrected chi connectivity index (χ3v) is 7.29. The number of para-hydroxylation sites is 1. The molecule has 0 saturated heterocycles. The van der Waals surface area contributed by atoms with E-state index in [0.29, 0.717) is 12.2 Å². The zero-order chi connectivity index (χ0) is 29.1. The monoisotopic (exact) mass is 528 g/mol. The number of rotatable bonds is 7. The maximum absolute atomic E-state index is 13.7. The highest BCUT2D eigenvalue weighted by Crippen LogP contribution is 2.40. The number of phenols is 1. The van der Waals surface area contributed by atoms with Gasteiger partial charge in [-0.2, -0.15) is 0 Å². The van der Waals surface area contributed by atoms with Crippen LogP contribution in [0.2, 0.25) is 0 Å². The number of anilines is 1. The standard InChI is InChI=1S/C34H44N2O3/c1-22-14-13-15-23(2)29(22)35-32(39)30(25-16-11-10-12-17-25)36(9)28(37)19-18-24-20-26(33(3,4)5)31(38)27(21-24)34(6,7)8/h10-17,20-21,30,38H,18-19H2,1-9H3,(H,35,39)/t30-/m0/s1. The van der Waals surface area contributed by atoms with Crippen molar-refractivity contribution in [2.45, 2.75) is 85.1 Å². The molecular weight excluding hydrogens is 484 g/mol. The van der Waals surface area contributed by atoms with E-state index in [0.717, 1.165) is 39.1 Å². The number of carbonyl (C=O) groups excluding carboxylic acids is 2. The van der Waals surface area contributed by atoms with Crippen LogP contribution >= 0.6 is 0 Å². The molecule has 0 bridgehead atoms. The summed E-state index contributed by atoms with van der Waals surface area (Å²) in [4.78, 5) is 28.8. The van der Waals surface area contributed by atoms with Crippen LogP contribution in [0.15, 0.2) is 60.7 Å². The number of benzene rings is 3. The lowest BCUT2D eigenvalue weighted by atomic mass is 9.78. The number of carbonyl (C=O) groups is 2. The largest absolute Gasteiger partial charge is 0.507 e. The molecule has 5 nitrogen and oxygen atoms in total. The Kier molecular flexibility index (Phi) is 8.94. The molecule has 0 radical (unpaired) electrons. The first kappa shape index (κ1) is 29.9. The maximum atomic E-state index is 13.7. The average Bonchev–Trinajstić information content (AvgIpc) is 2.84. The summed E-state index contributed by atoms with van der Waals surface area (Å²) in [7, 11) is 1.70. The Morgan fingerprint density at radius 3 is 1.85 bits per heavy atom. The van der Waals surface area contributed by atoms with Crippen molar-refractivity contribution in [1.82, 2.24) is 4.90 Å². The summed E-state index contributed by atoms with van der Waals surface area (Å²) in [6.45, 7) is 16.4. The van der Waals surface area contributed by atoms with Gasteiger partial charge in [0, 0.05) is 19.2 Å². The van der Waals surface area contributed by atoms with Gasteiger partial charge in [-0.3, -0.25) is 9.59 Å². The lowest BCUT2D eigenvalue weighted by Gasteiger charge is -2.29. The number of amides is 2. The third kappa shape index (κ3) is 7.08. The summed E-state index contributed by atoms with van der Waals surface area (Å²) in [6.07, 6.45) is 0.754. The molecule has 5 heteroatoms. The fraction of sp³-hybridized carbons (Fsp3) is 0.412. The molecular formula is C34H44N2O3. The Bertz CT molecular complexity index is 1280. The van der Waals surface area contributed by atoms with E-state index in [9.17, 15) is 14.7 Å². The lowest BCUT2D eigenvalue weighted by molar-refractivity contribution is -0.137. The van der Waals surface area contributed by atoms with E-state index in [1.165, 1.54) is 0 Å². The highest BCUT2D eigenvalue weighted by molar-refractivity contribution is 5.98. The molecule has 3 rings (SSSR count). The highest BCUT2D eigenvalue weighted by Gasteiger charge is 2.30. The van der Waals surface area contributed by atoms with Crippen molar-refractivity contribution in [3.63, 3.8) is 0 Å². The van der Waals surface area contributed by atoms with Crippen LogP contribution in [0.3, 0.4) is 0 Å². The van der Waals surface area contributed by atoms with Crippen molar-refractivity contribution in [3.8, 4) is 5.75 Å². The van der Waals surface area contributed by atoms with Crippen LogP contribution in [0.1, 0.15) is 87.4 Å². The fourth-order valence-electron chi connectivity index (χ4n) is 4.94. The molecule has 0 aliphatic heterocycles. The molecule has 3 aromatic rings. The van der Waals surface area contributed by atoms with E-state index < -0.39 is 6.04 Å². The van der Waals surface area contributed by atoms with Gasteiger partial charge in [0.05, 0.1) is 0 Å². The van der Waals surface area contributed by atoms with E-state index in [4.69, 9.17) is 0 Å². The molecule has 0 unspecified atom stereocenters. The number of aryl methyl sites for hydroxylation is 3. The van der Waals surface area contributed by atoms with Crippen LogP contribution < -0.4 is 5.32 Å². The number of phenolic OH excluding ortho intramolecular Hbond substituents is 1. The molecule has 0 aromatic heterocycles. The summed E-state index contributed by atoms with van der Waals surface area (Å²) in [6, 6.07) is 18.6. The minimum absolute atomic E-state index is 0.122. The van der Waals surface area contributed by atoms with Crippen molar-refractivity contribution in [2.75, 3.05) is 12.4 Å². The molecule has 0 aliphatic carbocycles. The van der Waals surface area contributed by atoms with Crippen molar-refractivity contribution < 1.29 is 14.7 Å². The molecule has 208 valence electrons. The molecule has 0 spiro atoms. The van der Waals surface area contributed by atoms with Crippen molar-refractivity contribution in [1.29, 1.82) is 0 Å². The summed E-state index contributed by atoms with van der Waals surface area (Å²) < 4.78 is 0. The molecule has 2 amide bonds. The van der Waals surface area contributed by atoms with E-state index in [1.54, 1.807) is 11.9 Å². The quantitative estimate of drug-likeness (QED) is 0.336. The number of nitrogens with one attached hydrogen (secondary N) is 1. The lowest BCUT2D eigenvalue weighted by Crippen LogP contribution is -2.39. The van der Waals surface area contributed by atoms with Crippen LogP contribution in [-0.4, -0.2) is 28.9 Å². The van der Waals surface area contributed by atoms with Gasteiger partial charge in [-0.1, -0.05) is 102 Å². The van der Waals surface area contributed by atoms with Crippen molar-refractivity contribution in [2.24, 2.45) is 0 Å². The second kappa shape index (κ2) is 11.6. The summed E-state index contributed by atoms with van der Waals surface area (Å²) in [5, 5.41) is 14.1. The first-order valence-corrected chi connectivity index (χ1v) is 13.7. The minimum Gasteiger partial charge on any atom is -0.507 e. The molecule has 1 atom stereocenters. The smallest absolute Gasteiger partial charge is 0.251 e. The summed E-state index contributed by atoms with van der Waals surface area (Å²) in [5.74, 6) is -0.0400. The Morgan fingerprint density at radius 2 is 1.36 bits per heavy atom. The van der Waals surface area contributed by atoms with E-state index in [2.05, 4.69) is 46.9 Å². The first-order valence-electron chi connectivity index (χ1n) is 13.7. The zero-order valence-corrected chi connectivity index (χ0v) is 25.0. The van der Waals surface area contributed by atoms with Crippen molar-refractivity contribution in [3.05, 3.63) is 94.0 Å². The predicted molar refractivity (Wildman–Crippen MR) is 160 cm³/mol. The van der Waals surface area contributed by atoms with Crippen LogP contribution in [0.4, 0.5) is 5.69 Å². The van der Waals surface area contributed by atoms with E-state index in [1.807, 2.05) is 74.5 Å². The van der Waals surface area contributed by atoms with Gasteiger partial charge in [0.1, 0.15) is 11.8 Å². The van der Waals surface area contributed by atoms with Gasteiger partial charge in [0.2, 0.25) is 5.91 Å². The van der Waals surface area contributed by atoms with Gasteiger partial charge < -0.3 is 15.3 Å². The van der Waals surface area contributed by atoms with Gasteiger partial charge in [0.25, 0.3) is 5.91 Å². The minimum atomic E-state index is -0.771. The number of nitrogens with zero attached hydrogens (tertiary/aromatic N) is 1. The maximum Gasteiger partial charge on any atom is 0.251 e. The zero-order valence-electron chi connectivity index (χ0n) is 25.0. The number of hydrogen-bond acceptors (Lipinski definition) is 3. The van der Waals surface area contributed by atoms with E-state index in [-0.39, 0.29) is 29.1 Å². The SMILES string of the molecule is Cc1cccc(C)c1NC(=O)[C@H](c1ccccc1)N(C)C(=O)CCc1cc(C(C)(C)C)c(O)c(C(C)(C)C)c1. The second-order valence-electron chi connectivity index (χ2n) is 12.6. The summed E-state index contributed by atoms with van der Waals surface area (Å²) in [5.41, 5.74) is 5.74. The van der Waals surface area contributed by atoms with Gasteiger partial charge in [-0.25, -0.2) is 0 Å². The fourth-order valence-corrected chi connectivity index (χ4v) is 4.94. The number of likely N-dealkylation sites (N-methyl/N-ethyl adjacent to an activating group) is 1. The Hall–Kier alpha value is -3.60. The van der Waals surface area contributed by atoms with Gasteiger partial charge >= 0.3 is 0 Å². The Morgan fingerprint density at radius 1 is 0.846 bits per heavy atom. The van der Waals surface area contributed by atoms with Gasteiger partial charge in [-0.15, -0.1) is 0 Å². The molecule has 3 aromatic carbocycles. The molecule has 0 fully saturated rings. The number of hydrogen-bond donors (Lipinski definition) is 2. The molecule has 0 aliphatic rings. The van der Waals surface area contributed by atoms with Crippen LogP contribution in [-0.2, 0) is 26.8 Å². The topological polar surface area (TPSA) is 69.6 Å². The van der Waals surface area contributed by atoms with Crippen LogP contribution in [0.5, 0.6) is 5.75 Å². The first-order chi connectivity index (χ1) is 18.1. The van der Waals surface area contributed by atoms with Gasteiger partial charge in [-0.05, 0) is 64.5 Å². The van der Waals surface area contributed by atoms with Gasteiger partial charge in [0.15, 0.2) is 0 Å². The Labute approximate surface area is 234 Å². The Balaban J connectivity index is 1.89. The normalized spacial score (nSPS) is 12.6. The molecule has 39 heavy (non-hydrogen) atoms. The predicted octanol–water partition coefficient (Wildman–Crippen LogP) is 7.38. The van der Waals surface area contributed by atoms with Crippen LogP contribution in [0.25, 0.3) is 0 Å². The van der Waals surface area contributed by atoms with E-state index >= 15 is 0 Å². The third-order valence-electron chi connectivity index (χ3n) is 7.29. The molecule has 0 heterocycles. The second-order valence-corrected chi connectivity index (χ2v) is 12.6. The average molecular weight is 529 g/mol. The van der Waals surface area contributed by atoms with Crippen LogP contribution in [0, 0.1) is 13.8 Å². The molecule has 2 N–H and O–H groups in total. The van der Waals surface area contributed by atoms with Crippen molar-refractivity contribution >= 4 is 17.5 Å².